The van der Waals surface area contributed by atoms with E-state index in [-0.39, 0.29) is 11.8 Å². The summed E-state index contributed by atoms with van der Waals surface area (Å²) in [5, 5.41) is 14.6. The number of hydrogen-bond acceptors (Lipinski definition) is 4. The molecule has 1 aromatic carbocycles. The molecule has 2 amide bonds. The Balaban J connectivity index is 1.82. The molecule has 1 aliphatic heterocycles. The molecule has 0 aliphatic carbocycles. The number of aromatic nitrogens is 2. The van der Waals surface area contributed by atoms with Crippen LogP contribution in [-0.2, 0) is 13.0 Å². The van der Waals surface area contributed by atoms with Gasteiger partial charge < -0.3 is 15.2 Å². The Morgan fingerprint density at radius 2 is 2.00 bits per heavy atom. The van der Waals surface area contributed by atoms with Crippen LogP contribution in [0.15, 0.2) is 24.3 Å². The Bertz CT molecular complexity index is 877. The van der Waals surface area contributed by atoms with E-state index in [0.717, 1.165) is 37.8 Å². The molecule has 0 spiro atoms. The first-order valence-electron chi connectivity index (χ1n) is 9.33. The van der Waals surface area contributed by atoms with Gasteiger partial charge in [0.1, 0.15) is 0 Å². The Hall–Kier alpha value is -3.14. The van der Waals surface area contributed by atoms with Crippen LogP contribution in [0.3, 0.4) is 0 Å². The molecule has 7 heteroatoms. The van der Waals surface area contributed by atoms with Crippen LogP contribution in [-0.4, -0.2) is 27.9 Å². The summed E-state index contributed by atoms with van der Waals surface area (Å²) in [6, 6.07) is 8.69. The van der Waals surface area contributed by atoms with Crippen molar-refractivity contribution < 1.29 is 9.59 Å². The molecular weight excluding hydrogens is 342 g/mol. The summed E-state index contributed by atoms with van der Waals surface area (Å²) in [4.78, 5) is 29.6. The van der Waals surface area contributed by atoms with Crippen LogP contribution in [0.2, 0.25) is 0 Å². The van der Waals surface area contributed by atoms with Gasteiger partial charge in [0.15, 0.2) is 11.5 Å². The van der Waals surface area contributed by atoms with Crippen LogP contribution < -0.4 is 10.6 Å². The smallest absolute Gasteiger partial charge is 0.287 e. The SMILES string of the molecule is CCCCNC(=O)c1nc(C(=O)Nc2ccc(C#N)cc2)c2n1CCCC2. The molecule has 0 fully saturated rings. The second-order valence-electron chi connectivity index (χ2n) is 6.59. The quantitative estimate of drug-likeness (QED) is 0.769. The van der Waals surface area contributed by atoms with Crippen LogP contribution in [0, 0.1) is 11.3 Å². The van der Waals surface area contributed by atoms with E-state index in [1.165, 1.54) is 0 Å². The molecule has 1 aliphatic rings. The maximum Gasteiger partial charge on any atom is 0.287 e. The Morgan fingerprint density at radius 3 is 2.70 bits per heavy atom. The zero-order valence-corrected chi connectivity index (χ0v) is 15.4. The number of nitrogens with one attached hydrogen (secondary N) is 2. The molecule has 27 heavy (non-hydrogen) atoms. The molecule has 3 rings (SSSR count). The fourth-order valence-electron chi connectivity index (χ4n) is 3.17. The average Bonchev–Trinajstić information content (AvgIpc) is 3.09. The number of nitrogens with zero attached hydrogens (tertiary/aromatic N) is 3. The number of amides is 2. The third-order valence-electron chi connectivity index (χ3n) is 4.62. The summed E-state index contributed by atoms with van der Waals surface area (Å²) in [5.41, 5.74) is 2.23. The second-order valence-corrected chi connectivity index (χ2v) is 6.59. The minimum atomic E-state index is -0.335. The molecule has 0 saturated carbocycles. The van der Waals surface area contributed by atoms with Crippen LogP contribution in [0.25, 0.3) is 0 Å². The third kappa shape index (κ3) is 4.17. The minimum Gasteiger partial charge on any atom is -0.349 e. The lowest BCUT2D eigenvalue weighted by Crippen LogP contribution is -2.28. The zero-order chi connectivity index (χ0) is 19.2. The van der Waals surface area contributed by atoms with E-state index in [9.17, 15) is 9.59 Å². The molecule has 140 valence electrons. The molecule has 2 aromatic rings. The Kier molecular flexibility index (Phi) is 5.87. The first-order valence-corrected chi connectivity index (χ1v) is 9.33. The van der Waals surface area contributed by atoms with Gasteiger partial charge in [-0.15, -0.1) is 0 Å². The highest BCUT2D eigenvalue weighted by Crippen LogP contribution is 2.22. The van der Waals surface area contributed by atoms with Crippen molar-refractivity contribution in [3.8, 4) is 6.07 Å². The van der Waals surface area contributed by atoms with Gasteiger partial charge in [-0.2, -0.15) is 5.26 Å². The number of benzene rings is 1. The van der Waals surface area contributed by atoms with Gasteiger partial charge in [0.25, 0.3) is 11.8 Å². The summed E-state index contributed by atoms with van der Waals surface area (Å²) in [5.74, 6) is -0.257. The maximum atomic E-state index is 12.8. The van der Waals surface area contributed by atoms with E-state index in [1.807, 2.05) is 10.6 Å². The van der Waals surface area contributed by atoms with Crippen LogP contribution >= 0.6 is 0 Å². The summed E-state index contributed by atoms with van der Waals surface area (Å²) in [6.07, 6.45) is 4.57. The van der Waals surface area contributed by atoms with Gasteiger partial charge in [-0.25, -0.2) is 4.98 Å². The van der Waals surface area contributed by atoms with Crippen LogP contribution in [0.5, 0.6) is 0 Å². The van der Waals surface area contributed by atoms with Gasteiger partial charge >= 0.3 is 0 Å². The predicted molar refractivity (Wildman–Crippen MR) is 102 cm³/mol. The number of anilines is 1. The van der Waals surface area contributed by atoms with Gasteiger partial charge in [0.2, 0.25) is 0 Å². The number of rotatable bonds is 6. The molecule has 0 atom stereocenters. The molecule has 1 aromatic heterocycles. The lowest BCUT2D eigenvalue weighted by Gasteiger charge is -2.17. The van der Waals surface area contributed by atoms with Crippen LogP contribution in [0.1, 0.15) is 65.0 Å². The van der Waals surface area contributed by atoms with Crippen molar-refractivity contribution in [2.75, 3.05) is 11.9 Å². The van der Waals surface area contributed by atoms with Gasteiger partial charge in [0, 0.05) is 18.8 Å². The Labute approximate surface area is 158 Å². The summed E-state index contributed by atoms with van der Waals surface area (Å²) >= 11 is 0. The van der Waals surface area contributed by atoms with Crippen molar-refractivity contribution in [2.24, 2.45) is 0 Å². The highest BCUT2D eigenvalue weighted by Gasteiger charge is 2.27. The van der Waals surface area contributed by atoms with E-state index in [0.29, 0.717) is 35.9 Å². The summed E-state index contributed by atoms with van der Waals surface area (Å²) < 4.78 is 1.87. The van der Waals surface area contributed by atoms with E-state index in [1.54, 1.807) is 24.3 Å². The van der Waals surface area contributed by atoms with Gasteiger partial charge in [-0.05, 0) is 49.9 Å². The molecule has 7 nitrogen and oxygen atoms in total. The first kappa shape index (κ1) is 18.6. The molecule has 0 saturated heterocycles. The topological polar surface area (TPSA) is 99.8 Å². The van der Waals surface area contributed by atoms with Gasteiger partial charge in [-0.1, -0.05) is 13.3 Å². The highest BCUT2D eigenvalue weighted by atomic mass is 16.2. The van der Waals surface area contributed by atoms with Crippen LogP contribution in [0.4, 0.5) is 5.69 Å². The van der Waals surface area contributed by atoms with Crippen molar-refractivity contribution in [3.63, 3.8) is 0 Å². The predicted octanol–water partition coefficient (Wildman–Crippen LogP) is 2.87. The number of unbranched alkanes of at least 4 members (excludes halogenated alkanes) is 1. The molecule has 0 radical (unpaired) electrons. The fraction of sp³-hybridized carbons (Fsp3) is 0.400. The van der Waals surface area contributed by atoms with E-state index >= 15 is 0 Å². The minimum absolute atomic E-state index is 0.232. The van der Waals surface area contributed by atoms with Crippen molar-refractivity contribution in [3.05, 3.63) is 47.0 Å². The standard InChI is InChI=1S/C20H23N5O2/c1-2-3-11-22-20(27)18-24-17(16-6-4-5-12-25(16)18)19(26)23-15-9-7-14(13-21)8-10-15/h7-10H,2-6,11-12H2,1H3,(H,22,27)(H,23,26). The van der Waals surface area contributed by atoms with Gasteiger partial charge in [0.05, 0.1) is 17.3 Å². The van der Waals surface area contributed by atoms with Crippen molar-refractivity contribution in [2.45, 2.75) is 45.6 Å². The van der Waals surface area contributed by atoms with Gasteiger partial charge in [-0.3, -0.25) is 9.59 Å². The van der Waals surface area contributed by atoms with Crippen molar-refractivity contribution in [1.82, 2.24) is 14.9 Å². The zero-order valence-electron chi connectivity index (χ0n) is 15.4. The molecule has 0 unspecified atom stereocenters. The molecule has 2 heterocycles. The van der Waals surface area contributed by atoms with E-state index in [2.05, 4.69) is 22.5 Å². The second kappa shape index (κ2) is 8.49. The third-order valence-corrected chi connectivity index (χ3v) is 4.62. The normalized spacial score (nSPS) is 12.7. The van der Waals surface area contributed by atoms with E-state index < -0.39 is 0 Å². The number of nitriles is 1. The first-order chi connectivity index (χ1) is 13.1. The number of carbonyl (C=O) groups excluding carboxylic acids is 2. The number of fused-ring (bicyclic) bond motifs is 1. The number of carbonyl (C=O) groups is 2. The summed E-state index contributed by atoms with van der Waals surface area (Å²) in [7, 11) is 0. The van der Waals surface area contributed by atoms with Crippen molar-refractivity contribution in [1.29, 1.82) is 5.26 Å². The van der Waals surface area contributed by atoms with E-state index in [4.69, 9.17) is 5.26 Å². The molecular formula is C20H23N5O2. The largest absolute Gasteiger partial charge is 0.349 e. The average molecular weight is 365 g/mol. The van der Waals surface area contributed by atoms with Crippen molar-refractivity contribution >= 4 is 17.5 Å². The lowest BCUT2D eigenvalue weighted by atomic mass is 10.1. The highest BCUT2D eigenvalue weighted by molar-refractivity contribution is 6.05. The fourth-order valence-corrected chi connectivity index (χ4v) is 3.17. The molecule has 2 N–H and O–H groups in total. The summed E-state index contributed by atoms with van der Waals surface area (Å²) in [6.45, 7) is 3.36. The monoisotopic (exact) mass is 365 g/mol. The Morgan fingerprint density at radius 1 is 1.22 bits per heavy atom. The molecule has 0 bridgehead atoms. The lowest BCUT2D eigenvalue weighted by molar-refractivity contribution is 0.0937. The number of hydrogen-bond donors (Lipinski definition) is 2. The maximum absolute atomic E-state index is 12.8. The number of imidazole rings is 1.